The Bertz CT molecular complexity index is 631. The molecule has 0 fully saturated rings. The summed E-state index contributed by atoms with van der Waals surface area (Å²) in [4.78, 5) is 21.2. The highest BCUT2D eigenvalue weighted by atomic mass is 32.2. The van der Waals surface area contributed by atoms with Crippen LogP contribution in [0.1, 0.15) is 32.2 Å². The van der Waals surface area contributed by atoms with E-state index >= 15 is 0 Å². The number of carbonyl (C=O) groups is 1. The van der Waals surface area contributed by atoms with Crippen molar-refractivity contribution in [1.29, 1.82) is 0 Å². The van der Waals surface area contributed by atoms with Gasteiger partial charge in [-0.15, -0.1) is 11.3 Å². The number of carboxylic acid groups (broad SMARTS) is 1. The molecule has 0 aliphatic heterocycles. The average molecular weight is 294 g/mol. The van der Waals surface area contributed by atoms with Crippen molar-refractivity contribution in [3.63, 3.8) is 0 Å². The highest BCUT2D eigenvalue weighted by Gasteiger charge is 2.18. The minimum Gasteiger partial charge on any atom is -0.478 e. The van der Waals surface area contributed by atoms with Crippen LogP contribution in [0.5, 0.6) is 0 Å². The molecule has 4 nitrogen and oxygen atoms in total. The van der Waals surface area contributed by atoms with Gasteiger partial charge < -0.3 is 5.11 Å². The Morgan fingerprint density at radius 2 is 1.95 bits per heavy atom. The van der Waals surface area contributed by atoms with Crippen LogP contribution in [0, 0.1) is 27.7 Å². The first-order chi connectivity index (χ1) is 8.88. The normalized spacial score (nSPS) is 10.7. The summed E-state index contributed by atoms with van der Waals surface area (Å²) in [6.45, 7) is 7.61. The van der Waals surface area contributed by atoms with Crippen LogP contribution < -0.4 is 0 Å². The van der Waals surface area contributed by atoms with E-state index in [1.165, 1.54) is 11.8 Å². The van der Waals surface area contributed by atoms with E-state index in [1.54, 1.807) is 24.3 Å². The molecule has 1 N–H and O–H groups in total. The molecule has 0 bridgehead atoms. The molecule has 0 radical (unpaired) electrons. The third kappa shape index (κ3) is 2.96. The van der Waals surface area contributed by atoms with Gasteiger partial charge in [0.1, 0.15) is 5.03 Å². The van der Waals surface area contributed by atoms with Gasteiger partial charge in [-0.1, -0.05) is 0 Å². The molecule has 100 valence electrons. The van der Waals surface area contributed by atoms with Crippen LogP contribution in [0.4, 0.5) is 0 Å². The van der Waals surface area contributed by atoms with Gasteiger partial charge in [-0.05, 0) is 51.1 Å². The van der Waals surface area contributed by atoms with Crippen LogP contribution in [0.25, 0.3) is 0 Å². The van der Waals surface area contributed by atoms with E-state index in [1.807, 2.05) is 20.8 Å². The van der Waals surface area contributed by atoms with Crippen molar-refractivity contribution in [3.8, 4) is 0 Å². The molecule has 2 rings (SSSR count). The number of hydrogen-bond donors (Lipinski definition) is 1. The number of carboxylic acids is 1. The highest BCUT2D eigenvalue weighted by molar-refractivity contribution is 8.01. The molecule has 6 heteroatoms. The van der Waals surface area contributed by atoms with E-state index in [0.29, 0.717) is 5.03 Å². The summed E-state index contributed by atoms with van der Waals surface area (Å²) in [6, 6.07) is 1.78. The van der Waals surface area contributed by atoms with Gasteiger partial charge in [-0.2, -0.15) is 0 Å². The summed E-state index contributed by atoms with van der Waals surface area (Å²) < 4.78 is 0.829. The second kappa shape index (κ2) is 5.30. The third-order valence-corrected chi connectivity index (χ3v) is 4.84. The van der Waals surface area contributed by atoms with Crippen LogP contribution in [0.2, 0.25) is 0 Å². The summed E-state index contributed by atoms with van der Waals surface area (Å²) in [7, 11) is 0. The zero-order valence-corrected chi connectivity index (χ0v) is 12.8. The van der Waals surface area contributed by atoms with Crippen LogP contribution >= 0.6 is 23.1 Å². The van der Waals surface area contributed by atoms with Gasteiger partial charge in [-0.25, -0.2) is 14.8 Å². The van der Waals surface area contributed by atoms with E-state index in [4.69, 9.17) is 0 Å². The summed E-state index contributed by atoms with van der Waals surface area (Å²) in [5.41, 5.74) is 2.79. The van der Waals surface area contributed by atoms with Gasteiger partial charge in [0, 0.05) is 10.6 Å². The molecule has 2 heterocycles. The van der Waals surface area contributed by atoms with E-state index in [2.05, 4.69) is 9.97 Å². The standard InChI is InChI=1S/C13H14N2O2S2/c1-6-5-7(2)14-11(10(6)12(16)17)19-13-15-8(3)9(4)18-13/h5H,1-4H3,(H,16,17). The maximum atomic E-state index is 11.3. The smallest absolute Gasteiger partial charge is 0.338 e. The van der Waals surface area contributed by atoms with Crippen molar-refractivity contribution in [3.05, 3.63) is 33.5 Å². The average Bonchev–Trinajstić information content (AvgIpc) is 2.55. The quantitative estimate of drug-likeness (QED) is 0.936. The number of aromatic nitrogens is 2. The summed E-state index contributed by atoms with van der Waals surface area (Å²) in [5, 5.41) is 9.82. The zero-order chi connectivity index (χ0) is 14.2. The SMILES string of the molecule is Cc1cc(C)c(C(=O)O)c(Sc2nc(C)c(C)s2)n1. The molecule has 2 aromatic rings. The van der Waals surface area contributed by atoms with E-state index in [9.17, 15) is 9.90 Å². The monoisotopic (exact) mass is 294 g/mol. The molecule has 0 saturated carbocycles. The van der Waals surface area contributed by atoms with Crippen LogP contribution in [-0.2, 0) is 0 Å². The molecular formula is C13H14N2O2S2. The minimum absolute atomic E-state index is 0.265. The number of rotatable bonds is 3. The molecule has 0 aliphatic rings. The first-order valence-corrected chi connectivity index (χ1v) is 7.35. The van der Waals surface area contributed by atoms with Gasteiger partial charge in [-0.3, -0.25) is 0 Å². The minimum atomic E-state index is -0.947. The maximum Gasteiger partial charge on any atom is 0.338 e. The fourth-order valence-electron chi connectivity index (χ4n) is 1.71. The Hall–Kier alpha value is -1.40. The Labute approximate surface area is 119 Å². The van der Waals surface area contributed by atoms with Crippen LogP contribution in [-0.4, -0.2) is 21.0 Å². The summed E-state index contributed by atoms with van der Waals surface area (Å²) >= 11 is 2.88. The number of nitrogens with zero attached hydrogens (tertiary/aromatic N) is 2. The molecular weight excluding hydrogens is 280 g/mol. The first-order valence-electron chi connectivity index (χ1n) is 5.72. The number of aryl methyl sites for hydroxylation is 4. The fraction of sp³-hybridized carbons (Fsp3) is 0.308. The second-order valence-electron chi connectivity index (χ2n) is 4.29. The molecule has 2 aromatic heterocycles. The van der Waals surface area contributed by atoms with Gasteiger partial charge in [0.2, 0.25) is 0 Å². The zero-order valence-electron chi connectivity index (χ0n) is 11.1. The first kappa shape index (κ1) is 14.0. The lowest BCUT2D eigenvalue weighted by Gasteiger charge is -2.07. The maximum absolute atomic E-state index is 11.3. The Morgan fingerprint density at radius 3 is 2.47 bits per heavy atom. The van der Waals surface area contributed by atoms with Gasteiger partial charge in [0.15, 0.2) is 4.34 Å². The Balaban J connectivity index is 2.46. The second-order valence-corrected chi connectivity index (χ2v) is 6.73. The fourth-order valence-corrected chi connectivity index (χ4v) is 4.01. The molecule has 0 unspecified atom stereocenters. The number of aromatic carboxylic acids is 1. The lowest BCUT2D eigenvalue weighted by atomic mass is 10.1. The van der Waals surface area contributed by atoms with Gasteiger partial charge in [0.25, 0.3) is 0 Å². The van der Waals surface area contributed by atoms with E-state index in [0.717, 1.165) is 26.2 Å². The molecule has 0 spiro atoms. The summed E-state index contributed by atoms with van der Waals surface area (Å²) in [6.07, 6.45) is 0. The van der Waals surface area contributed by atoms with Gasteiger partial charge >= 0.3 is 5.97 Å². The number of pyridine rings is 1. The highest BCUT2D eigenvalue weighted by Crippen LogP contribution is 2.34. The Kier molecular flexibility index (Phi) is 3.91. The third-order valence-electron chi connectivity index (χ3n) is 2.72. The van der Waals surface area contributed by atoms with Crippen molar-refractivity contribution in [1.82, 2.24) is 9.97 Å². The predicted octanol–water partition coefficient (Wildman–Crippen LogP) is 3.62. The van der Waals surface area contributed by atoms with Crippen molar-refractivity contribution in [2.24, 2.45) is 0 Å². The molecule has 0 amide bonds. The molecule has 0 atom stereocenters. The Morgan fingerprint density at radius 1 is 1.26 bits per heavy atom. The lowest BCUT2D eigenvalue weighted by molar-refractivity contribution is 0.0691. The molecule has 0 aliphatic carbocycles. The summed E-state index contributed by atoms with van der Waals surface area (Å²) in [5.74, 6) is -0.947. The van der Waals surface area contributed by atoms with E-state index < -0.39 is 5.97 Å². The van der Waals surface area contributed by atoms with E-state index in [-0.39, 0.29) is 5.56 Å². The lowest BCUT2D eigenvalue weighted by Crippen LogP contribution is -2.05. The van der Waals surface area contributed by atoms with Crippen molar-refractivity contribution in [2.45, 2.75) is 37.1 Å². The van der Waals surface area contributed by atoms with Crippen molar-refractivity contribution < 1.29 is 9.90 Å². The number of thiazole rings is 1. The topological polar surface area (TPSA) is 63.1 Å². The largest absolute Gasteiger partial charge is 0.478 e. The molecule has 0 saturated heterocycles. The predicted molar refractivity (Wildman–Crippen MR) is 76.4 cm³/mol. The van der Waals surface area contributed by atoms with Crippen LogP contribution in [0.15, 0.2) is 15.4 Å². The van der Waals surface area contributed by atoms with Crippen molar-refractivity contribution in [2.75, 3.05) is 0 Å². The van der Waals surface area contributed by atoms with Gasteiger partial charge in [0.05, 0.1) is 11.3 Å². The van der Waals surface area contributed by atoms with Crippen LogP contribution in [0.3, 0.4) is 0 Å². The molecule has 0 aromatic carbocycles. The number of hydrogen-bond acceptors (Lipinski definition) is 5. The molecule has 19 heavy (non-hydrogen) atoms. The van der Waals surface area contributed by atoms with Crippen molar-refractivity contribution >= 4 is 29.1 Å².